The van der Waals surface area contributed by atoms with Gasteiger partial charge in [-0.15, -0.1) is 0 Å². The molecule has 158 valence electrons. The quantitative estimate of drug-likeness (QED) is 0.404. The fraction of sp³-hybridized carbons (Fsp3) is 0.261. The van der Waals surface area contributed by atoms with E-state index in [0.29, 0.717) is 12.5 Å². The highest BCUT2D eigenvalue weighted by molar-refractivity contribution is 9.10. The lowest BCUT2D eigenvalue weighted by Crippen LogP contribution is -2.23. The summed E-state index contributed by atoms with van der Waals surface area (Å²) < 4.78 is 2.80. The highest BCUT2D eigenvalue weighted by Gasteiger charge is 2.22. The van der Waals surface area contributed by atoms with Crippen LogP contribution in [0.15, 0.2) is 59.5 Å². The minimum atomic E-state index is -0.268. The van der Waals surface area contributed by atoms with E-state index in [-0.39, 0.29) is 12.1 Å². The van der Waals surface area contributed by atoms with Crippen molar-refractivity contribution in [2.24, 2.45) is 7.05 Å². The summed E-state index contributed by atoms with van der Waals surface area (Å²) in [4.78, 5) is 9.14. The first-order chi connectivity index (χ1) is 15.0. The number of benzene rings is 2. The summed E-state index contributed by atoms with van der Waals surface area (Å²) in [5.41, 5.74) is 5.12. The molecule has 1 fully saturated rings. The zero-order chi connectivity index (χ0) is 21.4. The van der Waals surface area contributed by atoms with Gasteiger partial charge in [0.05, 0.1) is 17.8 Å². The molecule has 3 N–H and O–H groups in total. The lowest BCUT2D eigenvalue weighted by molar-refractivity contribution is 0.193. The van der Waals surface area contributed by atoms with Gasteiger partial charge in [-0.1, -0.05) is 22.0 Å². The molecule has 0 amide bonds. The number of rotatable bonds is 5. The van der Waals surface area contributed by atoms with Crippen LogP contribution in [0.5, 0.6) is 0 Å². The molecule has 2 aromatic carbocycles. The second-order valence-electron chi connectivity index (χ2n) is 8.04. The minimum Gasteiger partial charge on any atom is -0.392 e. The van der Waals surface area contributed by atoms with E-state index in [0.717, 1.165) is 45.0 Å². The molecule has 3 heterocycles. The van der Waals surface area contributed by atoms with Crippen LogP contribution in [-0.4, -0.2) is 43.5 Å². The predicted octanol–water partition coefficient (Wildman–Crippen LogP) is 3.80. The third-order valence-electron chi connectivity index (χ3n) is 5.51. The van der Waals surface area contributed by atoms with Crippen LogP contribution in [0, 0.1) is 0 Å². The monoisotopic (exact) mass is 478 g/mol. The summed E-state index contributed by atoms with van der Waals surface area (Å²) in [5, 5.41) is 21.9. The highest BCUT2D eigenvalue weighted by Crippen LogP contribution is 2.28. The molecule has 2 aromatic heterocycles. The summed E-state index contributed by atoms with van der Waals surface area (Å²) in [6, 6.07) is 12.6. The summed E-state index contributed by atoms with van der Waals surface area (Å²) in [6.07, 6.45) is 7.03. The van der Waals surface area contributed by atoms with Crippen molar-refractivity contribution in [1.29, 1.82) is 0 Å². The normalized spacial score (nSPS) is 18.5. The van der Waals surface area contributed by atoms with Gasteiger partial charge in [0.2, 0.25) is 5.95 Å². The van der Waals surface area contributed by atoms with E-state index in [1.165, 1.54) is 5.56 Å². The molecule has 0 saturated carbocycles. The first-order valence-electron chi connectivity index (χ1n) is 10.3. The van der Waals surface area contributed by atoms with Gasteiger partial charge >= 0.3 is 0 Å². The Balaban J connectivity index is 1.47. The molecule has 0 bridgehead atoms. The zero-order valence-electron chi connectivity index (χ0n) is 17.1. The zero-order valence-corrected chi connectivity index (χ0v) is 18.7. The Labute approximate surface area is 188 Å². The molecule has 31 heavy (non-hydrogen) atoms. The molecule has 7 nitrogen and oxygen atoms in total. The Kier molecular flexibility index (Phi) is 5.43. The summed E-state index contributed by atoms with van der Waals surface area (Å²) >= 11 is 3.49. The summed E-state index contributed by atoms with van der Waals surface area (Å²) in [7, 11) is 1.91. The van der Waals surface area contributed by atoms with Crippen molar-refractivity contribution in [3.05, 3.63) is 65.0 Å². The Morgan fingerprint density at radius 3 is 2.87 bits per heavy atom. The highest BCUT2D eigenvalue weighted by atomic mass is 79.9. The molecular weight excluding hydrogens is 456 g/mol. The summed E-state index contributed by atoms with van der Waals surface area (Å²) in [5.74, 6) is 0.554. The van der Waals surface area contributed by atoms with E-state index in [1.54, 1.807) is 4.68 Å². The Bertz CT molecular complexity index is 1240. The number of nitrogens with one attached hydrogen (secondary N) is 2. The van der Waals surface area contributed by atoms with Crippen molar-refractivity contribution in [3.63, 3.8) is 0 Å². The fourth-order valence-electron chi connectivity index (χ4n) is 4.05. The average Bonchev–Trinajstić information content (AvgIpc) is 3.36. The number of β-amino-alcohol motifs (C(OH)–C–C–N with tert-alkyl or cyclic N) is 1. The average molecular weight is 479 g/mol. The number of anilines is 2. The van der Waals surface area contributed by atoms with Gasteiger partial charge in [-0.05, 0) is 54.3 Å². The molecule has 0 radical (unpaired) electrons. The van der Waals surface area contributed by atoms with Crippen LogP contribution in [-0.2, 0) is 13.5 Å². The molecule has 2 unspecified atom stereocenters. The topological polar surface area (TPSA) is 87.9 Å². The molecule has 1 saturated heterocycles. The first kappa shape index (κ1) is 20.1. The largest absolute Gasteiger partial charge is 0.392 e. The molecule has 0 aliphatic carbocycles. The van der Waals surface area contributed by atoms with Gasteiger partial charge in [0.1, 0.15) is 0 Å². The Morgan fingerprint density at radius 1 is 1.19 bits per heavy atom. The Hall–Kier alpha value is -2.81. The van der Waals surface area contributed by atoms with Gasteiger partial charge < -0.3 is 15.7 Å². The number of hydrogen-bond donors (Lipinski definition) is 3. The number of aliphatic hydroxyl groups is 1. The number of nitrogens with zero attached hydrogens (tertiary/aromatic N) is 4. The SMILES string of the molecule is Cn1cc(-c2cc(CC3CC(O)CN3)cc(Nc3ncc4cc(Br)ccc4n3)c2)cn1. The van der Waals surface area contributed by atoms with Gasteiger partial charge in [0, 0.05) is 53.1 Å². The predicted molar refractivity (Wildman–Crippen MR) is 125 cm³/mol. The van der Waals surface area contributed by atoms with Gasteiger partial charge in [-0.2, -0.15) is 5.10 Å². The fourth-order valence-corrected chi connectivity index (χ4v) is 4.43. The number of aryl methyl sites for hydroxylation is 1. The second kappa shape index (κ2) is 8.37. The molecule has 1 aliphatic rings. The van der Waals surface area contributed by atoms with Gasteiger partial charge in [0.15, 0.2) is 0 Å². The third kappa shape index (κ3) is 4.61. The Morgan fingerprint density at radius 2 is 2.10 bits per heavy atom. The lowest BCUT2D eigenvalue weighted by atomic mass is 9.99. The maximum absolute atomic E-state index is 9.86. The van der Waals surface area contributed by atoms with Crippen LogP contribution in [0.2, 0.25) is 0 Å². The molecule has 5 rings (SSSR count). The molecule has 0 spiro atoms. The first-order valence-corrected chi connectivity index (χ1v) is 11.0. The second-order valence-corrected chi connectivity index (χ2v) is 8.96. The van der Waals surface area contributed by atoms with Gasteiger partial charge in [-0.3, -0.25) is 4.68 Å². The molecular formula is C23H23BrN6O. The number of aromatic nitrogens is 4. The third-order valence-corrected chi connectivity index (χ3v) is 6.00. The van der Waals surface area contributed by atoms with Crippen LogP contribution in [0.1, 0.15) is 12.0 Å². The van der Waals surface area contributed by atoms with Crippen molar-refractivity contribution in [3.8, 4) is 11.1 Å². The van der Waals surface area contributed by atoms with E-state index in [2.05, 4.69) is 59.8 Å². The van der Waals surface area contributed by atoms with Crippen molar-refractivity contribution in [2.45, 2.75) is 25.0 Å². The van der Waals surface area contributed by atoms with Crippen molar-refractivity contribution < 1.29 is 5.11 Å². The number of aliphatic hydroxyl groups excluding tert-OH is 1. The maximum Gasteiger partial charge on any atom is 0.227 e. The maximum atomic E-state index is 9.86. The summed E-state index contributed by atoms with van der Waals surface area (Å²) in [6.45, 7) is 0.652. The smallest absolute Gasteiger partial charge is 0.227 e. The molecule has 8 heteroatoms. The van der Waals surface area contributed by atoms with Crippen LogP contribution in [0.25, 0.3) is 22.0 Å². The van der Waals surface area contributed by atoms with Crippen LogP contribution < -0.4 is 10.6 Å². The standard InChI is InChI=1S/C23H23BrN6O/c1-30-13-17(11-27-30)15-4-14(5-19-9-21(31)12-25-19)6-20(8-15)28-23-26-10-16-7-18(24)2-3-22(16)29-23/h2-4,6-8,10-11,13,19,21,25,31H,5,9,12H2,1H3,(H,26,28,29). The van der Waals surface area contributed by atoms with Crippen LogP contribution in [0.4, 0.5) is 11.6 Å². The van der Waals surface area contributed by atoms with E-state index in [9.17, 15) is 5.11 Å². The molecule has 4 aromatic rings. The van der Waals surface area contributed by atoms with E-state index >= 15 is 0 Å². The number of halogens is 1. The van der Waals surface area contributed by atoms with Crippen LogP contribution in [0.3, 0.4) is 0 Å². The van der Waals surface area contributed by atoms with Gasteiger partial charge in [0.25, 0.3) is 0 Å². The van der Waals surface area contributed by atoms with Crippen molar-refractivity contribution in [1.82, 2.24) is 25.1 Å². The van der Waals surface area contributed by atoms with E-state index in [1.807, 2.05) is 43.8 Å². The van der Waals surface area contributed by atoms with E-state index in [4.69, 9.17) is 0 Å². The number of fused-ring (bicyclic) bond motifs is 1. The van der Waals surface area contributed by atoms with E-state index < -0.39 is 0 Å². The van der Waals surface area contributed by atoms with Gasteiger partial charge in [-0.25, -0.2) is 9.97 Å². The molecule has 1 aliphatic heterocycles. The van der Waals surface area contributed by atoms with Crippen molar-refractivity contribution >= 4 is 38.5 Å². The van der Waals surface area contributed by atoms with Crippen LogP contribution >= 0.6 is 15.9 Å². The van der Waals surface area contributed by atoms with Crippen molar-refractivity contribution in [2.75, 3.05) is 11.9 Å². The molecule has 2 atom stereocenters. The minimum absolute atomic E-state index is 0.266. The lowest BCUT2D eigenvalue weighted by Gasteiger charge is -2.14. The number of hydrogen-bond acceptors (Lipinski definition) is 6.